The van der Waals surface area contributed by atoms with Crippen LogP contribution in [0.1, 0.15) is 5.56 Å². The third-order valence-electron chi connectivity index (χ3n) is 3.25. The first-order chi connectivity index (χ1) is 9.47. The molecular formula is C13H17BrF3N3. The quantitative estimate of drug-likeness (QED) is 0.873. The van der Waals surface area contributed by atoms with Crippen LogP contribution in [0, 0.1) is 0 Å². The lowest BCUT2D eigenvalue weighted by Crippen LogP contribution is -2.45. The van der Waals surface area contributed by atoms with Gasteiger partial charge in [0.1, 0.15) is 0 Å². The molecule has 0 amide bonds. The van der Waals surface area contributed by atoms with Crippen LogP contribution in [0.4, 0.5) is 18.9 Å². The molecule has 1 saturated heterocycles. The van der Waals surface area contributed by atoms with Gasteiger partial charge in [0, 0.05) is 49.4 Å². The second kappa shape index (κ2) is 6.78. The minimum Gasteiger partial charge on any atom is -0.383 e. The molecule has 7 heteroatoms. The van der Waals surface area contributed by atoms with E-state index in [0.717, 1.165) is 44.9 Å². The van der Waals surface area contributed by atoms with Crippen LogP contribution in [-0.4, -0.2) is 44.2 Å². The van der Waals surface area contributed by atoms with Crippen LogP contribution >= 0.6 is 15.9 Å². The minimum absolute atomic E-state index is 0.438. The molecule has 0 bridgehead atoms. The molecule has 0 aliphatic carbocycles. The summed E-state index contributed by atoms with van der Waals surface area (Å²) in [5.41, 5.74) is 0.0464. The molecule has 0 aromatic heterocycles. The number of alkyl halides is 3. The number of hydrogen-bond acceptors (Lipinski definition) is 3. The number of halogens is 4. The summed E-state index contributed by atoms with van der Waals surface area (Å²) in [7, 11) is 0. The predicted octanol–water partition coefficient (Wildman–Crippen LogP) is 2.79. The van der Waals surface area contributed by atoms with Gasteiger partial charge in [-0.3, -0.25) is 4.90 Å². The van der Waals surface area contributed by atoms with Gasteiger partial charge in [-0.15, -0.1) is 0 Å². The van der Waals surface area contributed by atoms with Crippen LogP contribution in [0.3, 0.4) is 0 Å². The Morgan fingerprint density at radius 2 is 1.95 bits per heavy atom. The molecule has 1 aliphatic heterocycles. The minimum atomic E-state index is -4.30. The first-order valence-electron chi connectivity index (χ1n) is 6.50. The maximum Gasteiger partial charge on any atom is 0.416 e. The molecule has 1 aliphatic rings. The summed E-state index contributed by atoms with van der Waals surface area (Å²) in [6.07, 6.45) is -4.30. The smallest absolute Gasteiger partial charge is 0.383 e. The highest BCUT2D eigenvalue weighted by Crippen LogP contribution is 2.33. The Hall–Kier alpha value is -0.790. The van der Waals surface area contributed by atoms with Crippen molar-refractivity contribution >= 4 is 21.6 Å². The number of rotatable bonds is 4. The zero-order valence-corrected chi connectivity index (χ0v) is 12.5. The SMILES string of the molecule is FC(F)(F)c1ccc(NCCN2CCNCC2)c(Br)c1. The van der Waals surface area contributed by atoms with Gasteiger partial charge in [-0.2, -0.15) is 13.2 Å². The van der Waals surface area contributed by atoms with E-state index in [2.05, 4.69) is 31.5 Å². The summed E-state index contributed by atoms with van der Waals surface area (Å²) in [4.78, 5) is 2.32. The van der Waals surface area contributed by atoms with Crippen molar-refractivity contribution in [3.05, 3.63) is 28.2 Å². The van der Waals surface area contributed by atoms with Crippen molar-refractivity contribution in [3.8, 4) is 0 Å². The number of piperazine rings is 1. The third kappa shape index (κ3) is 4.36. The van der Waals surface area contributed by atoms with Crippen molar-refractivity contribution in [1.29, 1.82) is 0 Å². The van der Waals surface area contributed by atoms with Crippen molar-refractivity contribution < 1.29 is 13.2 Å². The molecule has 1 aromatic rings. The lowest BCUT2D eigenvalue weighted by molar-refractivity contribution is -0.137. The molecule has 1 aromatic carbocycles. The van der Waals surface area contributed by atoms with E-state index in [1.165, 1.54) is 6.07 Å². The lowest BCUT2D eigenvalue weighted by Gasteiger charge is -2.27. The Balaban J connectivity index is 1.86. The van der Waals surface area contributed by atoms with E-state index in [1.807, 2.05) is 0 Å². The third-order valence-corrected chi connectivity index (χ3v) is 3.91. The van der Waals surface area contributed by atoms with Crippen LogP contribution in [0.5, 0.6) is 0 Å². The number of nitrogens with zero attached hydrogens (tertiary/aromatic N) is 1. The molecule has 0 atom stereocenters. The summed E-state index contributed by atoms with van der Waals surface area (Å²) in [6, 6.07) is 3.66. The Labute approximate surface area is 124 Å². The van der Waals surface area contributed by atoms with Gasteiger partial charge in [0.2, 0.25) is 0 Å². The normalized spacial score (nSPS) is 17.2. The summed E-state index contributed by atoms with van der Waals surface area (Å²) in [6.45, 7) is 5.60. The van der Waals surface area contributed by atoms with E-state index in [4.69, 9.17) is 0 Å². The van der Waals surface area contributed by atoms with Crippen LogP contribution in [0.2, 0.25) is 0 Å². The second-order valence-electron chi connectivity index (χ2n) is 4.71. The van der Waals surface area contributed by atoms with Gasteiger partial charge >= 0.3 is 6.18 Å². The average molecular weight is 352 g/mol. The highest BCUT2D eigenvalue weighted by Gasteiger charge is 2.30. The number of hydrogen-bond donors (Lipinski definition) is 2. The zero-order valence-electron chi connectivity index (χ0n) is 10.9. The van der Waals surface area contributed by atoms with Gasteiger partial charge in [0.25, 0.3) is 0 Å². The van der Waals surface area contributed by atoms with Crippen molar-refractivity contribution in [3.63, 3.8) is 0 Å². The van der Waals surface area contributed by atoms with E-state index >= 15 is 0 Å². The molecule has 112 valence electrons. The molecule has 1 fully saturated rings. The molecule has 2 rings (SSSR count). The molecular weight excluding hydrogens is 335 g/mol. The standard InChI is InChI=1S/C13H17BrF3N3/c14-11-9-10(13(15,16)17)1-2-12(11)19-5-8-20-6-3-18-4-7-20/h1-2,9,18-19H,3-8H2. The summed E-state index contributed by atoms with van der Waals surface area (Å²) < 4.78 is 38.1. The van der Waals surface area contributed by atoms with Gasteiger partial charge in [-0.25, -0.2) is 0 Å². The van der Waals surface area contributed by atoms with Crippen LogP contribution in [0.25, 0.3) is 0 Å². The van der Waals surface area contributed by atoms with Gasteiger partial charge in [-0.05, 0) is 34.1 Å². The molecule has 20 heavy (non-hydrogen) atoms. The van der Waals surface area contributed by atoms with E-state index in [-0.39, 0.29) is 0 Å². The van der Waals surface area contributed by atoms with Crippen molar-refractivity contribution in [1.82, 2.24) is 10.2 Å². The van der Waals surface area contributed by atoms with E-state index < -0.39 is 11.7 Å². The Morgan fingerprint density at radius 1 is 1.25 bits per heavy atom. The maximum atomic E-state index is 12.5. The van der Waals surface area contributed by atoms with E-state index in [9.17, 15) is 13.2 Å². The molecule has 0 saturated carbocycles. The van der Waals surface area contributed by atoms with Crippen molar-refractivity contribution in [2.45, 2.75) is 6.18 Å². The van der Waals surface area contributed by atoms with Crippen LogP contribution in [0.15, 0.2) is 22.7 Å². The summed E-state index contributed by atoms with van der Waals surface area (Å²) >= 11 is 3.18. The molecule has 3 nitrogen and oxygen atoms in total. The number of benzene rings is 1. The maximum absolute atomic E-state index is 12.5. The Kier molecular flexibility index (Phi) is 5.29. The lowest BCUT2D eigenvalue weighted by atomic mass is 10.2. The van der Waals surface area contributed by atoms with Crippen molar-refractivity contribution in [2.75, 3.05) is 44.6 Å². The highest BCUT2D eigenvalue weighted by atomic mass is 79.9. The predicted molar refractivity (Wildman–Crippen MR) is 76.9 cm³/mol. The van der Waals surface area contributed by atoms with E-state index in [0.29, 0.717) is 16.7 Å². The highest BCUT2D eigenvalue weighted by molar-refractivity contribution is 9.10. The molecule has 0 spiro atoms. The first kappa shape index (κ1) is 15.6. The van der Waals surface area contributed by atoms with Gasteiger partial charge in [0.15, 0.2) is 0 Å². The summed E-state index contributed by atoms with van der Waals surface area (Å²) in [5.74, 6) is 0. The fourth-order valence-corrected chi connectivity index (χ4v) is 2.64. The largest absolute Gasteiger partial charge is 0.416 e. The first-order valence-corrected chi connectivity index (χ1v) is 7.30. The van der Waals surface area contributed by atoms with Crippen LogP contribution < -0.4 is 10.6 Å². The Bertz CT molecular complexity index is 445. The van der Waals surface area contributed by atoms with E-state index in [1.54, 1.807) is 0 Å². The average Bonchev–Trinajstić information content (AvgIpc) is 2.40. The molecule has 2 N–H and O–H groups in total. The van der Waals surface area contributed by atoms with Gasteiger partial charge in [0.05, 0.1) is 5.56 Å². The second-order valence-corrected chi connectivity index (χ2v) is 5.57. The fourth-order valence-electron chi connectivity index (χ4n) is 2.12. The van der Waals surface area contributed by atoms with Gasteiger partial charge in [-0.1, -0.05) is 0 Å². The summed E-state index contributed by atoms with van der Waals surface area (Å²) in [5, 5.41) is 6.44. The molecule has 1 heterocycles. The topological polar surface area (TPSA) is 27.3 Å². The monoisotopic (exact) mass is 351 g/mol. The number of anilines is 1. The zero-order chi connectivity index (χ0) is 14.6. The number of nitrogens with one attached hydrogen (secondary N) is 2. The molecule has 0 radical (unpaired) electrons. The van der Waals surface area contributed by atoms with Crippen molar-refractivity contribution in [2.24, 2.45) is 0 Å². The van der Waals surface area contributed by atoms with Gasteiger partial charge < -0.3 is 10.6 Å². The fraction of sp³-hybridized carbons (Fsp3) is 0.538. The molecule has 0 unspecified atom stereocenters. The Morgan fingerprint density at radius 3 is 2.55 bits per heavy atom. The van der Waals surface area contributed by atoms with Crippen LogP contribution in [-0.2, 0) is 6.18 Å².